The van der Waals surface area contributed by atoms with Crippen molar-refractivity contribution < 1.29 is 4.74 Å². The minimum absolute atomic E-state index is 0.168. The van der Waals surface area contributed by atoms with Crippen LogP contribution in [0, 0.1) is 31.1 Å². The molecule has 1 aromatic rings. The zero-order chi connectivity index (χ0) is 13.8. The smallest absolute Gasteiger partial charge is 0.128 e. The Morgan fingerprint density at radius 3 is 3.00 bits per heavy atom. The van der Waals surface area contributed by atoms with Gasteiger partial charge < -0.3 is 4.74 Å². The van der Waals surface area contributed by atoms with Crippen molar-refractivity contribution in [1.29, 1.82) is 5.26 Å². The molecule has 1 unspecified atom stereocenters. The van der Waals surface area contributed by atoms with Crippen molar-refractivity contribution in [3.8, 4) is 11.8 Å². The van der Waals surface area contributed by atoms with Gasteiger partial charge in [0.15, 0.2) is 0 Å². The highest BCUT2D eigenvalue weighted by Crippen LogP contribution is 2.26. The molecule has 2 heterocycles. The number of ether oxygens (including phenoxy) is 1. The number of aromatic nitrogens is 1. The molecule has 0 aliphatic carbocycles. The number of nitriles is 1. The average Bonchev–Trinajstić information content (AvgIpc) is 2.43. The number of pyridine rings is 1. The lowest BCUT2D eigenvalue weighted by molar-refractivity contribution is 0.189. The number of aryl methyl sites for hydroxylation is 1. The number of hydrogen-bond donors (Lipinski definition) is 0. The van der Waals surface area contributed by atoms with Crippen molar-refractivity contribution in [3.05, 3.63) is 23.0 Å². The van der Waals surface area contributed by atoms with E-state index in [1.807, 2.05) is 13.1 Å². The summed E-state index contributed by atoms with van der Waals surface area (Å²) in [6.45, 7) is 6.78. The van der Waals surface area contributed by atoms with Crippen LogP contribution in [0.3, 0.4) is 0 Å². The van der Waals surface area contributed by atoms with Gasteiger partial charge in [-0.25, -0.2) is 0 Å². The molecule has 0 bridgehead atoms. The zero-order valence-electron chi connectivity index (χ0n) is 11.9. The SMILES string of the molecule is COc1c(C)cnc(CN2CCCC(C#N)C2)c1C. The van der Waals surface area contributed by atoms with Crippen molar-refractivity contribution in [3.63, 3.8) is 0 Å². The first-order chi connectivity index (χ1) is 9.15. The van der Waals surface area contributed by atoms with Gasteiger partial charge in [-0.1, -0.05) is 0 Å². The molecule has 19 heavy (non-hydrogen) atoms. The Morgan fingerprint density at radius 2 is 2.32 bits per heavy atom. The molecule has 0 saturated carbocycles. The van der Waals surface area contributed by atoms with E-state index in [1.54, 1.807) is 7.11 Å². The van der Waals surface area contributed by atoms with E-state index in [9.17, 15) is 0 Å². The average molecular weight is 259 g/mol. The summed E-state index contributed by atoms with van der Waals surface area (Å²) in [4.78, 5) is 6.85. The number of piperidine rings is 1. The second-order valence-electron chi connectivity index (χ2n) is 5.25. The van der Waals surface area contributed by atoms with Crippen LogP contribution in [0.5, 0.6) is 5.75 Å². The molecule has 4 nitrogen and oxygen atoms in total. The van der Waals surface area contributed by atoms with Gasteiger partial charge in [0.2, 0.25) is 0 Å². The van der Waals surface area contributed by atoms with E-state index in [4.69, 9.17) is 10.00 Å². The summed E-state index contributed by atoms with van der Waals surface area (Å²) in [5.41, 5.74) is 3.24. The molecule has 0 aromatic carbocycles. The Bertz CT molecular complexity index is 493. The zero-order valence-corrected chi connectivity index (χ0v) is 11.9. The number of likely N-dealkylation sites (tertiary alicyclic amines) is 1. The van der Waals surface area contributed by atoms with Crippen LogP contribution in [0.2, 0.25) is 0 Å². The minimum atomic E-state index is 0.168. The molecule has 1 fully saturated rings. The van der Waals surface area contributed by atoms with Gasteiger partial charge in [0.05, 0.1) is 24.8 Å². The molecule has 2 rings (SSSR count). The normalized spacial score (nSPS) is 20.0. The largest absolute Gasteiger partial charge is 0.496 e. The van der Waals surface area contributed by atoms with Crippen molar-refractivity contribution in [2.45, 2.75) is 33.2 Å². The first kappa shape index (κ1) is 13.8. The second-order valence-corrected chi connectivity index (χ2v) is 5.25. The molecule has 1 aliphatic heterocycles. The predicted molar refractivity (Wildman–Crippen MR) is 73.9 cm³/mol. The fourth-order valence-corrected chi connectivity index (χ4v) is 2.75. The predicted octanol–water partition coefficient (Wildman–Crippen LogP) is 2.44. The van der Waals surface area contributed by atoms with Gasteiger partial charge in [-0.3, -0.25) is 9.88 Å². The lowest BCUT2D eigenvalue weighted by atomic mass is 9.99. The Hall–Kier alpha value is -1.60. The minimum Gasteiger partial charge on any atom is -0.496 e. The summed E-state index contributed by atoms with van der Waals surface area (Å²) in [6.07, 6.45) is 3.99. The van der Waals surface area contributed by atoms with Crippen LogP contribution >= 0.6 is 0 Å². The van der Waals surface area contributed by atoms with E-state index >= 15 is 0 Å². The van der Waals surface area contributed by atoms with E-state index in [0.717, 1.165) is 55.0 Å². The summed E-state index contributed by atoms with van der Waals surface area (Å²) in [5.74, 6) is 1.10. The summed E-state index contributed by atoms with van der Waals surface area (Å²) in [5, 5.41) is 9.04. The molecule has 0 N–H and O–H groups in total. The molecule has 4 heteroatoms. The Balaban J connectivity index is 2.13. The third-order valence-electron chi connectivity index (χ3n) is 3.81. The number of hydrogen-bond acceptors (Lipinski definition) is 4. The molecule has 0 spiro atoms. The molecular formula is C15H21N3O. The summed E-state index contributed by atoms with van der Waals surface area (Å²) in [6, 6.07) is 2.38. The maximum absolute atomic E-state index is 9.04. The first-order valence-electron chi connectivity index (χ1n) is 6.76. The van der Waals surface area contributed by atoms with Crippen LogP contribution in [0.15, 0.2) is 6.20 Å². The molecule has 1 aliphatic rings. The van der Waals surface area contributed by atoms with Crippen molar-refractivity contribution in [1.82, 2.24) is 9.88 Å². The fraction of sp³-hybridized carbons (Fsp3) is 0.600. The number of rotatable bonds is 3. The maximum atomic E-state index is 9.04. The quantitative estimate of drug-likeness (QED) is 0.836. The van der Waals surface area contributed by atoms with Crippen molar-refractivity contribution >= 4 is 0 Å². The van der Waals surface area contributed by atoms with E-state index < -0.39 is 0 Å². The topological polar surface area (TPSA) is 49.1 Å². The van der Waals surface area contributed by atoms with Gasteiger partial charge in [0.1, 0.15) is 5.75 Å². The highest BCUT2D eigenvalue weighted by molar-refractivity contribution is 5.41. The third kappa shape index (κ3) is 3.05. The summed E-state index contributed by atoms with van der Waals surface area (Å²) < 4.78 is 5.44. The molecule has 1 atom stereocenters. The first-order valence-corrected chi connectivity index (χ1v) is 6.76. The Labute approximate surface area is 115 Å². The van der Waals surface area contributed by atoms with Crippen molar-refractivity contribution in [2.75, 3.05) is 20.2 Å². The number of methoxy groups -OCH3 is 1. The van der Waals surface area contributed by atoms with Gasteiger partial charge in [-0.2, -0.15) is 5.26 Å². The van der Waals surface area contributed by atoms with E-state index in [-0.39, 0.29) is 5.92 Å². The number of nitrogens with zero attached hydrogens (tertiary/aromatic N) is 3. The summed E-state index contributed by atoms with van der Waals surface area (Å²) >= 11 is 0. The maximum Gasteiger partial charge on any atom is 0.128 e. The third-order valence-corrected chi connectivity index (χ3v) is 3.81. The van der Waals surface area contributed by atoms with Gasteiger partial charge in [-0.15, -0.1) is 0 Å². The van der Waals surface area contributed by atoms with Gasteiger partial charge in [0, 0.05) is 30.4 Å². The molecule has 0 amide bonds. The molecule has 1 aromatic heterocycles. The van der Waals surface area contributed by atoms with Gasteiger partial charge in [0.25, 0.3) is 0 Å². The molecule has 0 radical (unpaired) electrons. The van der Waals surface area contributed by atoms with Crippen LogP contribution < -0.4 is 4.74 Å². The Morgan fingerprint density at radius 1 is 1.53 bits per heavy atom. The summed E-state index contributed by atoms with van der Waals surface area (Å²) in [7, 11) is 1.70. The highest BCUT2D eigenvalue weighted by atomic mass is 16.5. The molecule has 102 valence electrons. The van der Waals surface area contributed by atoms with E-state index in [0.29, 0.717) is 0 Å². The van der Waals surface area contributed by atoms with Gasteiger partial charge in [-0.05, 0) is 33.2 Å². The standard InChI is InChI=1S/C15H21N3O/c1-11-8-17-14(12(2)15(11)19-3)10-18-6-4-5-13(7-16)9-18/h8,13H,4-6,9-10H2,1-3H3. The lowest BCUT2D eigenvalue weighted by Crippen LogP contribution is -2.34. The van der Waals surface area contributed by atoms with E-state index in [1.165, 1.54) is 0 Å². The fourth-order valence-electron chi connectivity index (χ4n) is 2.75. The second kappa shape index (κ2) is 6.03. The molecule has 1 saturated heterocycles. The van der Waals surface area contributed by atoms with Gasteiger partial charge >= 0.3 is 0 Å². The van der Waals surface area contributed by atoms with Crippen LogP contribution in [0.1, 0.15) is 29.7 Å². The molecular weight excluding hydrogens is 238 g/mol. The highest BCUT2D eigenvalue weighted by Gasteiger charge is 2.21. The van der Waals surface area contributed by atoms with Crippen molar-refractivity contribution in [2.24, 2.45) is 5.92 Å². The van der Waals surface area contributed by atoms with Crippen LogP contribution in [-0.4, -0.2) is 30.1 Å². The van der Waals surface area contributed by atoms with Crippen LogP contribution in [-0.2, 0) is 6.54 Å². The van der Waals surface area contributed by atoms with Crippen LogP contribution in [0.4, 0.5) is 0 Å². The monoisotopic (exact) mass is 259 g/mol. The van der Waals surface area contributed by atoms with Crippen LogP contribution in [0.25, 0.3) is 0 Å². The Kier molecular flexibility index (Phi) is 4.39. The van der Waals surface area contributed by atoms with E-state index in [2.05, 4.69) is 22.9 Å². The lowest BCUT2D eigenvalue weighted by Gasteiger charge is -2.29.